The van der Waals surface area contributed by atoms with Crippen LogP contribution in [0.1, 0.15) is 45.2 Å². The van der Waals surface area contributed by atoms with Gasteiger partial charge < -0.3 is 5.32 Å². The summed E-state index contributed by atoms with van der Waals surface area (Å²) in [6.45, 7) is 6.62. The molecule has 1 aromatic rings. The lowest BCUT2D eigenvalue weighted by Gasteiger charge is -2.21. The summed E-state index contributed by atoms with van der Waals surface area (Å²) in [4.78, 5) is 0. The van der Waals surface area contributed by atoms with Gasteiger partial charge in [0, 0.05) is 17.1 Å². The second-order valence-electron chi connectivity index (χ2n) is 3.99. The Kier molecular flexibility index (Phi) is 5.13. The van der Waals surface area contributed by atoms with Gasteiger partial charge in [-0.15, -0.1) is 0 Å². The fraction of sp³-hybridized carbons (Fsp3) is 0.538. The van der Waals surface area contributed by atoms with Crippen LogP contribution in [0.15, 0.2) is 24.3 Å². The van der Waals surface area contributed by atoms with Crippen LogP contribution in [-0.2, 0) is 0 Å². The first kappa shape index (κ1) is 12.5. The molecule has 0 heterocycles. The summed E-state index contributed by atoms with van der Waals surface area (Å²) in [5.41, 5.74) is 1.32. The van der Waals surface area contributed by atoms with Gasteiger partial charge in [0.2, 0.25) is 0 Å². The lowest BCUT2D eigenvalue weighted by atomic mass is 10.0. The Morgan fingerprint density at radius 2 is 1.73 bits per heavy atom. The highest BCUT2D eigenvalue weighted by Gasteiger charge is 2.10. The van der Waals surface area contributed by atoms with Crippen LogP contribution in [0.5, 0.6) is 0 Å². The van der Waals surface area contributed by atoms with Gasteiger partial charge in [0.25, 0.3) is 0 Å². The van der Waals surface area contributed by atoms with Crippen LogP contribution in [0.3, 0.4) is 0 Å². The van der Waals surface area contributed by atoms with Gasteiger partial charge in [-0.2, -0.15) is 0 Å². The SMILES string of the molecule is CCC(C)NC(CC)c1ccc(Cl)cc1. The first-order valence-corrected chi connectivity index (χ1v) is 6.06. The molecule has 2 unspecified atom stereocenters. The van der Waals surface area contributed by atoms with Gasteiger partial charge in [0.05, 0.1) is 0 Å². The summed E-state index contributed by atoms with van der Waals surface area (Å²) in [6.07, 6.45) is 2.26. The van der Waals surface area contributed by atoms with E-state index in [9.17, 15) is 0 Å². The Balaban J connectivity index is 2.69. The van der Waals surface area contributed by atoms with Crippen LogP contribution >= 0.6 is 11.6 Å². The standard InChI is InChI=1S/C13H20ClN/c1-4-10(3)15-13(5-2)11-6-8-12(14)9-7-11/h6-10,13,15H,4-5H2,1-3H3. The van der Waals surface area contributed by atoms with Crippen molar-refractivity contribution in [3.63, 3.8) is 0 Å². The number of nitrogens with one attached hydrogen (secondary N) is 1. The summed E-state index contributed by atoms with van der Waals surface area (Å²) in [5.74, 6) is 0. The quantitative estimate of drug-likeness (QED) is 0.793. The van der Waals surface area contributed by atoms with Crippen LogP contribution in [0.2, 0.25) is 5.02 Å². The zero-order valence-corrected chi connectivity index (χ0v) is 10.5. The van der Waals surface area contributed by atoms with E-state index in [2.05, 4.69) is 38.2 Å². The average molecular weight is 226 g/mol. The van der Waals surface area contributed by atoms with E-state index in [-0.39, 0.29) is 0 Å². The van der Waals surface area contributed by atoms with E-state index < -0.39 is 0 Å². The third-order valence-electron chi connectivity index (χ3n) is 2.78. The Bertz CT molecular complexity index is 281. The Hall–Kier alpha value is -0.530. The van der Waals surface area contributed by atoms with Crippen molar-refractivity contribution in [2.75, 3.05) is 0 Å². The van der Waals surface area contributed by atoms with Crippen LogP contribution in [0, 0.1) is 0 Å². The highest BCUT2D eigenvalue weighted by molar-refractivity contribution is 6.30. The molecule has 1 aromatic carbocycles. The van der Waals surface area contributed by atoms with Crippen molar-refractivity contribution in [3.05, 3.63) is 34.9 Å². The molecule has 1 nitrogen and oxygen atoms in total. The van der Waals surface area contributed by atoms with E-state index >= 15 is 0 Å². The monoisotopic (exact) mass is 225 g/mol. The number of hydrogen-bond donors (Lipinski definition) is 1. The minimum Gasteiger partial charge on any atom is -0.307 e. The molecule has 0 bridgehead atoms. The largest absolute Gasteiger partial charge is 0.307 e. The Morgan fingerprint density at radius 3 is 2.20 bits per heavy atom. The number of halogens is 1. The zero-order chi connectivity index (χ0) is 11.3. The fourth-order valence-electron chi connectivity index (χ4n) is 1.61. The number of benzene rings is 1. The van der Waals surface area contributed by atoms with E-state index in [1.165, 1.54) is 5.56 Å². The lowest BCUT2D eigenvalue weighted by molar-refractivity contribution is 0.437. The second-order valence-corrected chi connectivity index (χ2v) is 4.42. The average Bonchev–Trinajstić information content (AvgIpc) is 2.27. The maximum atomic E-state index is 5.87. The normalized spacial score (nSPS) is 14.9. The molecule has 0 fully saturated rings. The molecule has 1 rings (SSSR count). The summed E-state index contributed by atoms with van der Waals surface area (Å²) in [5, 5.41) is 4.41. The van der Waals surface area contributed by atoms with Gasteiger partial charge in [-0.25, -0.2) is 0 Å². The summed E-state index contributed by atoms with van der Waals surface area (Å²) < 4.78 is 0. The van der Waals surface area contributed by atoms with Gasteiger partial charge in [-0.05, 0) is 37.5 Å². The molecule has 2 atom stereocenters. The molecule has 0 saturated heterocycles. The second kappa shape index (κ2) is 6.14. The summed E-state index contributed by atoms with van der Waals surface area (Å²) in [7, 11) is 0. The van der Waals surface area contributed by atoms with E-state index in [0.29, 0.717) is 12.1 Å². The van der Waals surface area contributed by atoms with Gasteiger partial charge in [0.1, 0.15) is 0 Å². The van der Waals surface area contributed by atoms with Gasteiger partial charge >= 0.3 is 0 Å². The van der Waals surface area contributed by atoms with Crippen molar-refractivity contribution < 1.29 is 0 Å². The molecule has 0 amide bonds. The van der Waals surface area contributed by atoms with Crippen molar-refractivity contribution in [3.8, 4) is 0 Å². The summed E-state index contributed by atoms with van der Waals surface area (Å²) in [6, 6.07) is 9.12. The van der Waals surface area contributed by atoms with Crippen molar-refractivity contribution >= 4 is 11.6 Å². The van der Waals surface area contributed by atoms with Gasteiger partial charge in [-0.1, -0.05) is 37.6 Å². The topological polar surface area (TPSA) is 12.0 Å². The number of hydrogen-bond acceptors (Lipinski definition) is 1. The van der Waals surface area contributed by atoms with Crippen LogP contribution in [0.4, 0.5) is 0 Å². The van der Waals surface area contributed by atoms with E-state index in [1.54, 1.807) is 0 Å². The van der Waals surface area contributed by atoms with Crippen molar-refractivity contribution in [2.24, 2.45) is 0 Å². The van der Waals surface area contributed by atoms with Gasteiger partial charge in [0.15, 0.2) is 0 Å². The maximum Gasteiger partial charge on any atom is 0.0406 e. The van der Waals surface area contributed by atoms with Crippen molar-refractivity contribution in [1.29, 1.82) is 0 Å². The highest BCUT2D eigenvalue weighted by atomic mass is 35.5. The Labute approximate surface area is 97.8 Å². The van der Waals surface area contributed by atoms with E-state index in [1.807, 2.05) is 12.1 Å². The molecular formula is C13H20ClN. The maximum absolute atomic E-state index is 5.87. The molecule has 0 aromatic heterocycles. The first-order chi connectivity index (χ1) is 7.17. The van der Waals surface area contributed by atoms with Gasteiger partial charge in [-0.3, -0.25) is 0 Å². The van der Waals surface area contributed by atoms with Crippen LogP contribution in [0.25, 0.3) is 0 Å². The molecule has 0 aliphatic heterocycles. The molecule has 1 N–H and O–H groups in total. The number of rotatable bonds is 5. The molecule has 84 valence electrons. The molecule has 0 radical (unpaired) electrons. The molecule has 15 heavy (non-hydrogen) atoms. The minimum atomic E-state index is 0.442. The third kappa shape index (κ3) is 3.84. The van der Waals surface area contributed by atoms with E-state index in [4.69, 9.17) is 11.6 Å². The molecule has 0 saturated carbocycles. The van der Waals surface area contributed by atoms with Crippen molar-refractivity contribution in [2.45, 2.75) is 45.7 Å². The predicted octanol–water partition coefficient (Wildman–Crippen LogP) is 4.18. The lowest BCUT2D eigenvalue weighted by Crippen LogP contribution is -2.29. The minimum absolute atomic E-state index is 0.442. The Morgan fingerprint density at radius 1 is 1.13 bits per heavy atom. The fourth-order valence-corrected chi connectivity index (χ4v) is 1.73. The van der Waals surface area contributed by atoms with E-state index in [0.717, 1.165) is 17.9 Å². The van der Waals surface area contributed by atoms with Crippen molar-refractivity contribution in [1.82, 2.24) is 5.32 Å². The first-order valence-electron chi connectivity index (χ1n) is 5.68. The molecule has 0 aliphatic carbocycles. The molecule has 0 spiro atoms. The van der Waals surface area contributed by atoms with Crippen LogP contribution in [-0.4, -0.2) is 6.04 Å². The van der Waals surface area contributed by atoms with Crippen LogP contribution < -0.4 is 5.32 Å². The summed E-state index contributed by atoms with van der Waals surface area (Å²) >= 11 is 5.87. The highest BCUT2D eigenvalue weighted by Crippen LogP contribution is 2.19. The predicted molar refractivity (Wildman–Crippen MR) is 67.4 cm³/mol. The third-order valence-corrected chi connectivity index (χ3v) is 3.03. The molecular weight excluding hydrogens is 206 g/mol. The zero-order valence-electron chi connectivity index (χ0n) is 9.76. The smallest absolute Gasteiger partial charge is 0.0406 e. The molecule has 0 aliphatic rings. The molecule has 2 heteroatoms.